The van der Waals surface area contributed by atoms with Crippen LogP contribution in [0.4, 0.5) is 0 Å². The van der Waals surface area contributed by atoms with Gasteiger partial charge in [0.15, 0.2) is 0 Å². The van der Waals surface area contributed by atoms with Crippen LogP contribution in [0.2, 0.25) is 0 Å². The molecule has 1 amide bonds. The molecule has 1 aromatic rings. The molecule has 3 heteroatoms. The highest BCUT2D eigenvalue weighted by molar-refractivity contribution is 5.94. The second kappa shape index (κ2) is 7.12. The minimum atomic E-state index is 0.121. The molecule has 0 radical (unpaired) electrons. The van der Waals surface area contributed by atoms with Crippen LogP contribution in [0.25, 0.3) is 0 Å². The van der Waals surface area contributed by atoms with Gasteiger partial charge in [0, 0.05) is 23.7 Å². The largest absolute Gasteiger partial charge is 0.336 e. The number of benzene rings is 1. The maximum atomic E-state index is 12.6. The van der Waals surface area contributed by atoms with Gasteiger partial charge in [-0.15, -0.1) is 0 Å². The molecule has 0 atom stereocenters. The van der Waals surface area contributed by atoms with E-state index in [-0.39, 0.29) is 5.91 Å². The third-order valence-electron chi connectivity index (χ3n) is 3.81. The Bertz CT molecular complexity index is 521. The molecule has 3 nitrogen and oxygen atoms in total. The van der Waals surface area contributed by atoms with Crippen molar-refractivity contribution in [1.29, 1.82) is 0 Å². The van der Waals surface area contributed by atoms with Gasteiger partial charge in [-0.05, 0) is 38.0 Å². The fraction of sp³-hybridized carbons (Fsp3) is 0.471. The molecule has 1 aromatic carbocycles. The molecule has 1 aliphatic carbocycles. The van der Waals surface area contributed by atoms with Crippen molar-refractivity contribution in [1.82, 2.24) is 4.90 Å². The molecule has 2 rings (SSSR count). The molecule has 2 N–H and O–H groups in total. The van der Waals surface area contributed by atoms with E-state index in [9.17, 15) is 4.79 Å². The first-order valence-corrected chi connectivity index (χ1v) is 7.36. The Kier molecular flexibility index (Phi) is 5.20. The summed E-state index contributed by atoms with van der Waals surface area (Å²) in [6.45, 7) is 3.15. The van der Waals surface area contributed by atoms with E-state index >= 15 is 0 Å². The summed E-state index contributed by atoms with van der Waals surface area (Å²) in [7, 11) is 0. The van der Waals surface area contributed by atoms with Crippen LogP contribution >= 0.6 is 0 Å². The van der Waals surface area contributed by atoms with Crippen molar-refractivity contribution >= 4 is 5.91 Å². The van der Waals surface area contributed by atoms with Crippen molar-refractivity contribution in [3.05, 3.63) is 35.4 Å². The third kappa shape index (κ3) is 3.40. The Hall–Kier alpha value is -1.79. The Morgan fingerprint density at radius 2 is 2.15 bits per heavy atom. The van der Waals surface area contributed by atoms with Crippen molar-refractivity contribution < 1.29 is 4.79 Å². The predicted molar refractivity (Wildman–Crippen MR) is 81.3 cm³/mol. The lowest BCUT2D eigenvalue weighted by atomic mass is 10.1. The summed E-state index contributed by atoms with van der Waals surface area (Å²) in [5.74, 6) is 5.92. The second-order valence-electron chi connectivity index (χ2n) is 5.12. The summed E-state index contributed by atoms with van der Waals surface area (Å²) >= 11 is 0. The average molecular weight is 270 g/mol. The quantitative estimate of drug-likeness (QED) is 0.857. The van der Waals surface area contributed by atoms with E-state index in [1.807, 2.05) is 36.1 Å². The van der Waals surface area contributed by atoms with E-state index in [1.165, 1.54) is 12.8 Å². The van der Waals surface area contributed by atoms with Crippen LogP contribution in [0.5, 0.6) is 0 Å². The highest BCUT2D eigenvalue weighted by Gasteiger charge is 2.26. The molecule has 0 bridgehead atoms. The molecule has 0 spiro atoms. The molecule has 0 aliphatic heterocycles. The lowest BCUT2D eigenvalue weighted by molar-refractivity contribution is 0.0693. The van der Waals surface area contributed by atoms with Crippen LogP contribution in [0, 0.1) is 11.8 Å². The van der Waals surface area contributed by atoms with Crippen molar-refractivity contribution in [2.45, 2.75) is 38.6 Å². The predicted octanol–water partition coefficient (Wildman–Crippen LogP) is 2.40. The Morgan fingerprint density at radius 3 is 2.80 bits per heavy atom. The standard InChI is InChI=1S/C17H22N2O/c1-2-19(16-10-3-4-11-16)17(20)15-9-5-7-14(13-15)8-6-12-18/h5,7,9,13,16H,2-4,10-12,18H2,1H3. The number of nitrogens with zero attached hydrogens (tertiary/aromatic N) is 1. The van der Waals surface area contributed by atoms with Gasteiger partial charge in [0.25, 0.3) is 5.91 Å². The van der Waals surface area contributed by atoms with Crippen molar-refractivity contribution in [3.63, 3.8) is 0 Å². The van der Waals surface area contributed by atoms with Gasteiger partial charge in [0.1, 0.15) is 0 Å². The zero-order valence-electron chi connectivity index (χ0n) is 12.1. The third-order valence-corrected chi connectivity index (χ3v) is 3.81. The van der Waals surface area contributed by atoms with E-state index in [0.29, 0.717) is 12.6 Å². The summed E-state index contributed by atoms with van der Waals surface area (Å²) in [5.41, 5.74) is 6.95. The molecular weight excluding hydrogens is 248 g/mol. The zero-order chi connectivity index (χ0) is 14.4. The lowest BCUT2D eigenvalue weighted by Gasteiger charge is -2.27. The monoisotopic (exact) mass is 270 g/mol. The Labute approximate surface area is 121 Å². The average Bonchev–Trinajstić information content (AvgIpc) is 3.00. The summed E-state index contributed by atoms with van der Waals surface area (Å²) in [4.78, 5) is 14.6. The number of hydrogen-bond acceptors (Lipinski definition) is 2. The minimum absolute atomic E-state index is 0.121. The summed E-state index contributed by atoms with van der Waals surface area (Å²) in [6.07, 6.45) is 4.73. The van der Waals surface area contributed by atoms with E-state index < -0.39 is 0 Å². The van der Waals surface area contributed by atoms with E-state index in [4.69, 9.17) is 5.73 Å². The van der Waals surface area contributed by atoms with Gasteiger partial charge in [0.2, 0.25) is 0 Å². The molecule has 20 heavy (non-hydrogen) atoms. The zero-order valence-corrected chi connectivity index (χ0v) is 12.1. The van der Waals surface area contributed by atoms with Gasteiger partial charge in [-0.25, -0.2) is 0 Å². The number of nitrogens with two attached hydrogens (primary N) is 1. The Balaban J connectivity index is 2.18. The number of hydrogen-bond donors (Lipinski definition) is 1. The minimum Gasteiger partial charge on any atom is -0.336 e. The first-order valence-electron chi connectivity index (χ1n) is 7.36. The molecule has 0 aromatic heterocycles. The van der Waals surface area contributed by atoms with E-state index in [2.05, 4.69) is 11.8 Å². The van der Waals surface area contributed by atoms with Crippen LogP contribution < -0.4 is 5.73 Å². The van der Waals surface area contributed by atoms with Crippen molar-refractivity contribution in [2.75, 3.05) is 13.1 Å². The van der Waals surface area contributed by atoms with E-state index in [1.54, 1.807) is 0 Å². The first-order chi connectivity index (χ1) is 9.76. The fourth-order valence-electron chi connectivity index (χ4n) is 2.83. The van der Waals surface area contributed by atoms with Crippen LogP contribution in [-0.2, 0) is 0 Å². The molecule has 106 valence electrons. The van der Waals surface area contributed by atoms with Gasteiger partial charge in [-0.1, -0.05) is 30.7 Å². The van der Waals surface area contributed by atoms with E-state index in [0.717, 1.165) is 30.5 Å². The SMILES string of the molecule is CCN(C(=O)c1cccc(C#CCN)c1)C1CCCC1. The molecular formula is C17H22N2O. The molecule has 0 unspecified atom stereocenters. The van der Waals surface area contributed by atoms with Gasteiger partial charge in [0.05, 0.1) is 6.54 Å². The summed E-state index contributed by atoms with van der Waals surface area (Å²) in [5, 5.41) is 0. The highest BCUT2D eigenvalue weighted by atomic mass is 16.2. The molecule has 1 fully saturated rings. The summed E-state index contributed by atoms with van der Waals surface area (Å²) < 4.78 is 0. The van der Waals surface area contributed by atoms with Gasteiger partial charge < -0.3 is 10.6 Å². The fourth-order valence-corrected chi connectivity index (χ4v) is 2.83. The number of carbonyl (C=O) groups excluding carboxylic acids is 1. The molecule has 1 saturated carbocycles. The maximum Gasteiger partial charge on any atom is 0.254 e. The Morgan fingerprint density at radius 1 is 1.40 bits per heavy atom. The van der Waals surface area contributed by atoms with Crippen molar-refractivity contribution in [3.8, 4) is 11.8 Å². The number of carbonyl (C=O) groups is 1. The first kappa shape index (κ1) is 14.6. The summed E-state index contributed by atoms with van der Waals surface area (Å²) in [6, 6.07) is 7.93. The van der Waals surface area contributed by atoms with Gasteiger partial charge in [-0.3, -0.25) is 4.79 Å². The lowest BCUT2D eigenvalue weighted by Crippen LogP contribution is -2.38. The van der Waals surface area contributed by atoms with Gasteiger partial charge >= 0.3 is 0 Å². The number of rotatable bonds is 3. The van der Waals surface area contributed by atoms with Crippen LogP contribution in [0.3, 0.4) is 0 Å². The normalized spacial score (nSPS) is 14.7. The van der Waals surface area contributed by atoms with Gasteiger partial charge in [-0.2, -0.15) is 0 Å². The van der Waals surface area contributed by atoms with Crippen LogP contribution in [0.15, 0.2) is 24.3 Å². The maximum absolute atomic E-state index is 12.6. The molecule has 0 saturated heterocycles. The number of amides is 1. The topological polar surface area (TPSA) is 46.3 Å². The van der Waals surface area contributed by atoms with Crippen molar-refractivity contribution in [2.24, 2.45) is 5.73 Å². The highest BCUT2D eigenvalue weighted by Crippen LogP contribution is 2.24. The smallest absolute Gasteiger partial charge is 0.254 e. The molecule has 0 heterocycles. The van der Waals surface area contributed by atoms with Crippen LogP contribution in [0.1, 0.15) is 48.5 Å². The van der Waals surface area contributed by atoms with Crippen LogP contribution in [-0.4, -0.2) is 29.9 Å². The molecule has 1 aliphatic rings. The second-order valence-corrected chi connectivity index (χ2v) is 5.12.